The largest absolute Gasteiger partial charge is 0.383 e. The number of aromatic nitrogens is 1. The number of amides is 1. The summed E-state index contributed by atoms with van der Waals surface area (Å²) in [6, 6.07) is 9.21. The Morgan fingerprint density at radius 3 is 2.44 bits per heavy atom. The number of hydrogen-bond donors (Lipinski definition) is 2. The molecule has 2 aromatic rings. The summed E-state index contributed by atoms with van der Waals surface area (Å²) in [5, 5.41) is 2.88. The van der Waals surface area contributed by atoms with Gasteiger partial charge in [-0.05, 0) is 37.1 Å². The number of para-hydroxylation sites is 1. The fourth-order valence-corrected chi connectivity index (χ4v) is 1.80. The molecular formula is C14H15N3O. The lowest BCUT2D eigenvalue weighted by atomic mass is 10.1. The minimum absolute atomic E-state index is 0.237. The van der Waals surface area contributed by atoms with Crippen molar-refractivity contribution in [3.8, 4) is 0 Å². The van der Waals surface area contributed by atoms with Gasteiger partial charge in [0, 0.05) is 11.9 Å². The molecule has 92 valence electrons. The molecule has 0 aliphatic carbocycles. The lowest BCUT2D eigenvalue weighted by molar-refractivity contribution is 0.102. The third kappa shape index (κ3) is 2.32. The van der Waals surface area contributed by atoms with Gasteiger partial charge in [0.1, 0.15) is 5.82 Å². The number of benzene rings is 1. The van der Waals surface area contributed by atoms with Crippen LogP contribution in [0.15, 0.2) is 36.5 Å². The minimum Gasteiger partial charge on any atom is -0.383 e. The Morgan fingerprint density at radius 1 is 1.17 bits per heavy atom. The molecule has 0 bridgehead atoms. The Kier molecular flexibility index (Phi) is 3.28. The summed E-state index contributed by atoms with van der Waals surface area (Å²) in [6.07, 6.45) is 1.56. The van der Waals surface area contributed by atoms with Crippen molar-refractivity contribution < 1.29 is 4.79 Å². The first-order chi connectivity index (χ1) is 8.59. The Balaban J connectivity index is 2.30. The molecule has 4 nitrogen and oxygen atoms in total. The molecule has 0 radical (unpaired) electrons. The van der Waals surface area contributed by atoms with Crippen molar-refractivity contribution in [3.63, 3.8) is 0 Å². The molecule has 0 aliphatic rings. The maximum atomic E-state index is 12.1. The summed E-state index contributed by atoms with van der Waals surface area (Å²) in [5.74, 6) is -0.000706. The highest BCUT2D eigenvalue weighted by molar-refractivity contribution is 6.07. The van der Waals surface area contributed by atoms with E-state index in [2.05, 4.69) is 10.3 Å². The molecule has 4 heteroatoms. The second-order valence-electron chi connectivity index (χ2n) is 4.16. The maximum Gasteiger partial charge on any atom is 0.259 e. The van der Waals surface area contributed by atoms with Gasteiger partial charge in [0.15, 0.2) is 0 Å². The van der Waals surface area contributed by atoms with Crippen LogP contribution in [0.5, 0.6) is 0 Å². The van der Waals surface area contributed by atoms with Crippen LogP contribution in [0.1, 0.15) is 21.5 Å². The van der Waals surface area contributed by atoms with Crippen LogP contribution >= 0.6 is 0 Å². The Labute approximate surface area is 106 Å². The number of aryl methyl sites for hydroxylation is 2. The summed E-state index contributed by atoms with van der Waals surface area (Å²) in [6.45, 7) is 3.91. The van der Waals surface area contributed by atoms with Crippen LogP contribution in [0.25, 0.3) is 0 Å². The molecule has 2 rings (SSSR count). The quantitative estimate of drug-likeness (QED) is 0.849. The topological polar surface area (TPSA) is 68.0 Å². The number of anilines is 2. The summed E-state index contributed by atoms with van der Waals surface area (Å²) in [5.41, 5.74) is 8.93. The van der Waals surface area contributed by atoms with Gasteiger partial charge in [-0.25, -0.2) is 4.98 Å². The van der Waals surface area contributed by atoms with Gasteiger partial charge >= 0.3 is 0 Å². The minimum atomic E-state index is -0.238. The third-order valence-electron chi connectivity index (χ3n) is 2.80. The number of nitrogens with two attached hydrogens (primary N) is 1. The molecule has 0 aliphatic heterocycles. The Morgan fingerprint density at radius 2 is 1.83 bits per heavy atom. The first-order valence-corrected chi connectivity index (χ1v) is 5.67. The Bertz CT molecular complexity index is 573. The van der Waals surface area contributed by atoms with Crippen LogP contribution in [0.4, 0.5) is 11.5 Å². The molecule has 0 saturated carbocycles. The molecule has 18 heavy (non-hydrogen) atoms. The van der Waals surface area contributed by atoms with Gasteiger partial charge in [-0.15, -0.1) is 0 Å². The van der Waals surface area contributed by atoms with E-state index in [1.165, 1.54) is 0 Å². The van der Waals surface area contributed by atoms with E-state index in [1.807, 2.05) is 32.0 Å². The molecule has 3 N–H and O–H groups in total. The van der Waals surface area contributed by atoms with Crippen molar-refractivity contribution in [3.05, 3.63) is 53.2 Å². The van der Waals surface area contributed by atoms with Gasteiger partial charge in [-0.2, -0.15) is 0 Å². The van der Waals surface area contributed by atoms with Crippen molar-refractivity contribution >= 4 is 17.4 Å². The molecule has 0 saturated heterocycles. The Hall–Kier alpha value is -2.36. The van der Waals surface area contributed by atoms with E-state index in [1.54, 1.807) is 18.3 Å². The number of nitrogen functional groups attached to an aromatic ring is 1. The first-order valence-electron chi connectivity index (χ1n) is 5.67. The summed E-state index contributed by atoms with van der Waals surface area (Å²) >= 11 is 0. The highest BCUT2D eigenvalue weighted by Crippen LogP contribution is 2.20. The zero-order valence-corrected chi connectivity index (χ0v) is 10.4. The number of carbonyl (C=O) groups is 1. The fourth-order valence-electron chi connectivity index (χ4n) is 1.80. The van der Waals surface area contributed by atoms with E-state index >= 15 is 0 Å². The maximum absolute atomic E-state index is 12.1. The van der Waals surface area contributed by atoms with Gasteiger partial charge in [-0.3, -0.25) is 4.79 Å². The van der Waals surface area contributed by atoms with Gasteiger partial charge in [0.2, 0.25) is 0 Å². The standard InChI is InChI=1S/C14H15N3O/c1-9-5-3-6-10(2)12(9)17-14(18)11-7-4-8-16-13(11)15/h3-8H,1-2H3,(H2,15,16)(H,17,18). The SMILES string of the molecule is Cc1cccc(C)c1NC(=O)c1cccnc1N. The molecule has 1 aromatic carbocycles. The van der Waals surface area contributed by atoms with Gasteiger partial charge in [-0.1, -0.05) is 18.2 Å². The van der Waals surface area contributed by atoms with Crippen LogP contribution in [0.2, 0.25) is 0 Å². The zero-order chi connectivity index (χ0) is 13.1. The summed E-state index contributed by atoms with van der Waals surface area (Å²) in [7, 11) is 0. The fraction of sp³-hybridized carbons (Fsp3) is 0.143. The first kappa shape index (κ1) is 12.1. The molecule has 0 fully saturated rings. The number of carbonyl (C=O) groups excluding carboxylic acids is 1. The van der Waals surface area contributed by atoms with E-state index in [0.29, 0.717) is 5.56 Å². The predicted molar refractivity (Wildman–Crippen MR) is 72.5 cm³/mol. The van der Waals surface area contributed by atoms with E-state index in [-0.39, 0.29) is 11.7 Å². The summed E-state index contributed by atoms with van der Waals surface area (Å²) in [4.78, 5) is 16.0. The second kappa shape index (κ2) is 4.87. The predicted octanol–water partition coefficient (Wildman–Crippen LogP) is 2.53. The van der Waals surface area contributed by atoms with Crippen LogP contribution in [0, 0.1) is 13.8 Å². The van der Waals surface area contributed by atoms with Crippen LogP contribution < -0.4 is 11.1 Å². The van der Waals surface area contributed by atoms with Crippen molar-refractivity contribution in [2.45, 2.75) is 13.8 Å². The molecule has 1 heterocycles. The lowest BCUT2D eigenvalue weighted by Crippen LogP contribution is -2.16. The molecular weight excluding hydrogens is 226 g/mol. The monoisotopic (exact) mass is 241 g/mol. The smallest absolute Gasteiger partial charge is 0.259 e. The number of pyridine rings is 1. The van der Waals surface area contributed by atoms with Crippen molar-refractivity contribution in [2.24, 2.45) is 0 Å². The van der Waals surface area contributed by atoms with E-state index in [4.69, 9.17) is 5.73 Å². The number of hydrogen-bond acceptors (Lipinski definition) is 3. The van der Waals surface area contributed by atoms with Crippen LogP contribution in [0.3, 0.4) is 0 Å². The van der Waals surface area contributed by atoms with Crippen molar-refractivity contribution in [1.29, 1.82) is 0 Å². The van der Waals surface area contributed by atoms with Crippen LogP contribution in [-0.2, 0) is 0 Å². The number of nitrogens with one attached hydrogen (secondary N) is 1. The van der Waals surface area contributed by atoms with E-state index in [0.717, 1.165) is 16.8 Å². The molecule has 1 aromatic heterocycles. The highest BCUT2D eigenvalue weighted by atomic mass is 16.1. The lowest BCUT2D eigenvalue weighted by Gasteiger charge is -2.11. The van der Waals surface area contributed by atoms with Gasteiger partial charge in [0.05, 0.1) is 5.56 Å². The number of nitrogens with zero attached hydrogens (tertiary/aromatic N) is 1. The molecule has 0 atom stereocenters. The average molecular weight is 241 g/mol. The van der Waals surface area contributed by atoms with Crippen molar-refractivity contribution in [1.82, 2.24) is 4.98 Å². The summed E-state index contributed by atoms with van der Waals surface area (Å²) < 4.78 is 0. The molecule has 0 spiro atoms. The van der Waals surface area contributed by atoms with Crippen molar-refractivity contribution in [2.75, 3.05) is 11.1 Å². The van der Waals surface area contributed by atoms with Gasteiger partial charge < -0.3 is 11.1 Å². The molecule has 1 amide bonds. The highest BCUT2D eigenvalue weighted by Gasteiger charge is 2.12. The normalized spacial score (nSPS) is 10.1. The third-order valence-corrected chi connectivity index (χ3v) is 2.80. The second-order valence-corrected chi connectivity index (χ2v) is 4.16. The number of rotatable bonds is 2. The van der Waals surface area contributed by atoms with E-state index < -0.39 is 0 Å². The average Bonchev–Trinajstić information content (AvgIpc) is 2.34. The zero-order valence-electron chi connectivity index (χ0n) is 10.4. The van der Waals surface area contributed by atoms with Gasteiger partial charge in [0.25, 0.3) is 5.91 Å². The molecule has 0 unspecified atom stereocenters. The van der Waals surface area contributed by atoms with E-state index in [9.17, 15) is 4.79 Å². The van der Waals surface area contributed by atoms with Crippen LogP contribution in [-0.4, -0.2) is 10.9 Å².